The van der Waals surface area contributed by atoms with E-state index in [1.165, 1.54) is 12.1 Å². The van der Waals surface area contributed by atoms with Crippen LogP contribution in [0, 0.1) is 6.92 Å². The van der Waals surface area contributed by atoms with Gasteiger partial charge in [0.15, 0.2) is 15.6 Å². The second kappa shape index (κ2) is 11.3. The van der Waals surface area contributed by atoms with Gasteiger partial charge in [-0.2, -0.15) is 0 Å². The highest BCUT2D eigenvalue weighted by atomic mass is 35.5. The maximum Gasteiger partial charge on any atom is 0.321 e. The summed E-state index contributed by atoms with van der Waals surface area (Å²) in [7, 11) is -1.87. The molecule has 0 saturated carbocycles. The molecule has 0 aliphatic heterocycles. The molecule has 178 valence electrons. The van der Waals surface area contributed by atoms with Gasteiger partial charge in [0.1, 0.15) is 12.3 Å². The number of ether oxygens (including phenoxy) is 1. The summed E-state index contributed by atoms with van der Waals surface area (Å²) in [6, 6.07) is 12.0. The van der Waals surface area contributed by atoms with Gasteiger partial charge in [0, 0.05) is 12.4 Å². The topological polar surface area (TPSA) is 129 Å². The van der Waals surface area contributed by atoms with E-state index in [0.29, 0.717) is 10.7 Å². The van der Waals surface area contributed by atoms with Crippen LogP contribution >= 0.6 is 11.6 Å². The van der Waals surface area contributed by atoms with Crippen LogP contribution in [0.4, 0.5) is 0 Å². The molecule has 0 fully saturated rings. The third kappa shape index (κ3) is 6.80. The zero-order chi connectivity index (χ0) is 24.8. The van der Waals surface area contributed by atoms with Crippen molar-refractivity contribution < 1.29 is 27.9 Å². The van der Waals surface area contributed by atoms with E-state index in [-0.39, 0.29) is 18.1 Å². The lowest BCUT2D eigenvalue weighted by atomic mass is 10.2. The predicted molar refractivity (Wildman–Crippen MR) is 127 cm³/mol. The molecule has 3 N–H and O–H groups in total. The minimum Gasteiger partial charge on any atom is -0.462 e. The summed E-state index contributed by atoms with van der Waals surface area (Å²) in [5, 5.41) is 9.97. The zero-order valence-electron chi connectivity index (χ0n) is 18.7. The van der Waals surface area contributed by atoms with Gasteiger partial charge in [-0.1, -0.05) is 30.7 Å². The van der Waals surface area contributed by atoms with E-state index in [1.54, 1.807) is 29.8 Å². The summed E-state index contributed by atoms with van der Waals surface area (Å²) in [6.45, 7) is 3.41. The molecule has 3 rings (SSSR count). The normalized spacial score (nSPS) is 11.1. The van der Waals surface area contributed by atoms with Crippen molar-refractivity contribution in [3.8, 4) is 0 Å². The average Bonchev–Trinajstić information content (AvgIpc) is 3.09. The summed E-state index contributed by atoms with van der Waals surface area (Å²) in [6.07, 6.45) is 0.818. The summed E-state index contributed by atoms with van der Waals surface area (Å²) >= 11 is 6.09. The largest absolute Gasteiger partial charge is 0.462 e. The molecular weight excluding hydrogens is 468 g/mol. The fourth-order valence-electron chi connectivity index (χ4n) is 3.13. The zero-order valence-corrected chi connectivity index (χ0v) is 20.2. The molecule has 0 aliphatic carbocycles. The molecule has 0 radical (unpaired) electrons. The Kier molecular flexibility index (Phi) is 9.04. The first-order valence-electron chi connectivity index (χ1n) is 10.1. The van der Waals surface area contributed by atoms with Gasteiger partial charge in [0.2, 0.25) is 0 Å². The average molecular weight is 495 g/mol. The number of hydrogen-bond donors (Lipinski definition) is 2. The Labute approximate surface area is 197 Å². The van der Waals surface area contributed by atoms with Crippen molar-refractivity contribution in [3.63, 3.8) is 0 Å². The number of amides is 1. The molecule has 0 unspecified atom stereocenters. The molecule has 1 amide bonds. The van der Waals surface area contributed by atoms with Crippen molar-refractivity contribution in [2.24, 2.45) is 12.8 Å². The minimum absolute atomic E-state index is 0.0978. The van der Waals surface area contributed by atoms with Gasteiger partial charge >= 0.3 is 5.97 Å². The van der Waals surface area contributed by atoms with Crippen molar-refractivity contribution in [1.29, 1.82) is 0 Å². The molecule has 0 aliphatic rings. The number of carbonyl (C=O) groups is 2. The third-order valence-corrected chi connectivity index (χ3v) is 6.78. The van der Waals surface area contributed by atoms with E-state index >= 15 is 0 Å². The minimum atomic E-state index is -3.67. The number of aryl methyl sites for hydroxylation is 3. The molecular formula is C23H27ClN2O6S. The monoisotopic (exact) mass is 494 g/mol. The SMILES string of the molecule is CCc1ccc(S(=O)(=O)CC(=O)OCCO)cc1.Cc1cc(Cl)c2cc(C(N)=O)n(C)c2c1. The first kappa shape index (κ1) is 26.4. The Morgan fingerprint density at radius 1 is 1.15 bits per heavy atom. The number of benzene rings is 2. The van der Waals surface area contributed by atoms with Crippen molar-refractivity contribution in [1.82, 2.24) is 4.57 Å². The van der Waals surface area contributed by atoms with E-state index < -0.39 is 27.5 Å². The third-order valence-electron chi connectivity index (χ3n) is 4.86. The molecule has 0 spiro atoms. The molecule has 1 heterocycles. The molecule has 0 bridgehead atoms. The summed E-state index contributed by atoms with van der Waals surface area (Å²) < 4.78 is 30.0. The highest BCUT2D eigenvalue weighted by molar-refractivity contribution is 7.92. The van der Waals surface area contributed by atoms with E-state index in [1.807, 2.05) is 26.0 Å². The van der Waals surface area contributed by atoms with Crippen molar-refractivity contribution >= 4 is 44.2 Å². The van der Waals surface area contributed by atoms with Gasteiger partial charge < -0.3 is 20.1 Å². The number of aliphatic hydroxyl groups excluding tert-OH is 1. The summed E-state index contributed by atoms with van der Waals surface area (Å²) in [5.41, 5.74) is 8.74. The molecule has 33 heavy (non-hydrogen) atoms. The molecule has 1 aromatic heterocycles. The molecule has 8 nitrogen and oxygen atoms in total. The van der Waals surface area contributed by atoms with Crippen molar-refractivity contribution in [3.05, 3.63) is 64.3 Å². The Hall–Kier alpha value is -2.88. The van der Waals surface area contributed by atoms with Crippen LogP contribution in [0.3, 0.4) is 0 Å². The lowest BCUT2D eigenvalue weighted by Crippen LogP contribution is -2.20. The van der Waals surface area contributed by atoms with Gasteiger partial charge in [0.25, 0.3) is 5.91 Å². The van der Waals surface area contributed by atoms with Crippen LogP contribution in [-0.2, 0) is 32.8 Å². The first-order valence-corrected chi connectivity index (χ1v) is 12.2. The van der Waals surface area contributed by atoms with Crippen LogP contribution in [0.25, 0.3) is 10.9 Å². The summed E-state index contributed by atoms with van der Waals surface area (Å²) in [4.78, 5) is 22.4. The van der Waals surface area contributed by atoms with Crippen LogP contribution < -0.4 is 5.73 Å². The molecule has 0 atom stereocenters. The standard InChI is InChI=1S/C12H16O5S.C11H11ClN2O/c1-2-10-3-5-11(6-4-10)18(15,16)9-12(14)17-8-7-13;1-6-3-8(12)7-5-10(11(13)15)14(2)9(7)4-6/h3-6,13H,2,7-9H2,1H3;3-5H,1-2H3,(H2,13,15). The fraction of sp³-hybridized carbons (Fsp3) is 0.304. The second-order valence-electron chi connectivity index (χ2n) is 7.33. The molecule has 10 heteroatoms. The van der Waals surface area contributed by atoms with Crippen LogP contribution in [0.1, 0.15) is 28.5 Å². The highest BCUT2D eigenvalue weighted by Crippen LogP contribution is 2.27. The number of nitrogens with zero attached hydrogens (tertiary/aromatic N) is 1. The van der Waals surface area contributed by atoms with E-state index in [0.717, 1.165) is 28.5 Å². The summed E-state index contributed by atoms with van der Waals surface area (Å²) in [5.74, 6) is -2.01. The van der Waals surface area contributed by atoms with Gasteiger partial charge in [-0.15, -0.1) is 0 Å². The smallest absolute Gasteiger partial charge is 0.321 e. The number of rotatable bonds is 7. The van der Waals surface area contributed by atoms with Crippen LogP contribution in [-0.4, -0.2) is 48.9 Å². The van der Waals surface area contributed by atoms with E-state index in [2.05, 4.69) is 4.74 Å². The van der Waals surface area contributed by atoms with Crippen molar-refractivity contribution in [2.45, 2.75) is 25.2 Å². The van der Waals surface area contributed by atoms with Gasteiger partial charge in [-0.3, -0.25) is 9.59 Å². The van der Waals surface area contributed by atoms with Crippen LogP contribution in [0.5, 0.6) is 0 Å². The molecule has 2 aromatic carbocycles. The van der Waals surface area contributed by atoms with Crippen molar-refractivity contribution in [2.75, 3.05) is 19.0 Å². The maximum atomic E-state index is 11.8. The molecule has 3 aromatic rings. The lowest BCUT2D eigenvalue weighted by Gasteiger charge is -2.05. The number of aliphatic hydroxyl groups is 1. The Morgan fingerprint density at radius 3 is 2.33 bits per heavy atom. The predicted octanol–water partition coefficient (Wildman–Crippen LogP) is 2.80. The van der Waals surface area contributed by atoms with Gasteiger partial charge in [-0.05, 0) is 54.8 Å². The number of primary amides is 1. The van der Waals surface area contributed by atoms with E-state index in [9.17, 15) is 18.0 Å². The fourth-order valence-corrected chi connectivity index (χ4v) is 4.56. The number of halogens is 1. The number of hydrogen-bond acceptors (Lipinski definition) is 6. The van der Waals surface area contributed by atoms with Crippen LogP contribution in [0.15, 0.2) is 47.4 Å². The maximum absolute atomic E-state index is 11.8. The molecule has 0 saturated heterocycles. The Bertz CT molecular complexity index is 1250. The second-order valence-corrected chi connectivity index (χ2v) is 9.73. The number of fused-ring (bicyclic) bond motifs is 1. The Balaban J connectivity index is 0.000000237. The number of sulfone groups is 1. The number of carbonyl (C=O) groups excluding carboxylic acids is 2. The number of aromatic nitrogens is 1. The highest BCUT2D eigenvalue weighted by Gasteiger charge is 2.20. The lowest BCUT2D eigenvalue weighted by molar-refractivity contribution is -0.141. The van der Waals surface area contributed by atoms with Crippen LogP contribution in [0.2, 0.25) is 5.02 Å². The van der Waals surface area contributed by atoms with Gasteiger partial charge in [-0.25, -0.2) is 8.42 Å². The number of nitrogens with two attached hydrogens (primary N) is 1. The Morgan fingerprint density at radius 2 is 1.79 bits per heavy atom. The first-order chi connectivity index (χ1) is 15.5. The van der Waals surface area contributed by atoms with E-state index in [4.69, 9.17) is 22.4 Å². The quantitative estimate of drug-likeness (QED) is 0.486. The number of esters is 1. The van der Waals surface area contributed by atoms with Gasteiger partial charge in [0.05, 0.1) is 22.0 Å².